The molecule has 0 saturated carbocycles. The zero-order valence-electron chi connectivity index (χ0n) is 17.4. The molecular weight excluding hydrogens is 462 g/mol. The Morgan fingerprint density at radius 1 is 1.03 bits per heavy atom. The zero-order chi connectivity index (χ0) is 22.9. The van der Waals surface area contributed by atoms with Gasteiger partial charge in [0.25, 0.3) is 0 Å². The molecule has 5 nitrogen and oxygen atoms in total. The second-order valence-corrected chi connectivity index (χ2v) is 9.74. The number of unbranched alkanes of at least 4 members (excludes halogenated alkanes) is 4. The monoisotopic (exact) mass is 488 g/mol. The quantitative estimate of drug-likeness (QED) is 0.383. The van der Waals surface area contributed by atoms with E-state index in [0.717, 1.165) is 32.1 Å². The first-order chi connectivity index (χ1) is 14.7. The number of benzene rings is 2. The van der Waals surface area contributed by atoms with Gasteiger partial charge in [-0.25, -0.2) is 17.5 Å². The Labute approximate surface area is 193 Å². The average Bonchev–Trinajstić information content (AvgIpc) is 2.73. The molecule has 0 radical (unpaired) electrons. The SMILES string of the molecule is CCCCCCCC(=O)N(CCNS(=O)(=O)c1cc(Cl)ccc1Cl)c1ccc(F)cc1. The molecule has 0 aromatic heterocycles. The maximum absolute atomic E-state index is 13.3. The van der Waals surface area contributed by atoms with Gasteiger partial charge in [-0.15, -0.1) is 0 Å². The lowest BCUT2D eigenvalue weighted by Crippen LogP contribution is -2.38. The first kappa shape index (κ1) is 25.6. The van der Waals surface area contributed by atoms with Gasteiger partial charge in [-0.3, -0.25) is 4.79 Å². The van der Waals surface area contributed by atoms with E-state index < -0.39 is 15.8 Å². The van der Waals surface area contributed by atoms with E-state index in [2.05, 4.69) is 11.6 Å². The van der Waals surface area contributed by atoms with Gasteiger partial charge in [0, 0.05) is 30.2 Å². The number of nitrogens with one attached hydrogen (secondary N) is 1. The van der Waals surface area contributed by atoms with Gasteiger partial charge in [0.05, 0.1) is 5.02 Å². The van der Waals surface area contributed by atoms with Gasteiger partial charge in [-0.05, 0) is 48.9 Å². The molecule has 0 aliphatic carbocycles. The van der Waals surface area contributed by atoms with Gasteiger partial charge < -0.3 is 4.90 Å². The highest BCUT2D eigenvalue weighted by Crippen LogP contribution is 2.25. The fourth-order valence-electron chi connectivity index (χ4n) is 3.09. The number of anilines is 1. The molecule has 0 aliphatic rings. The third-order valence-electron chi connectivity index (χ3n) is 4.74. The molecule has 0 saturated heterocycles. The lowest BCUT2D eigenvalue weighted by atomic mass is 10.1. The van der Waals surface area contributed by atoms with Crippen LogP contribution >= 0.6 is 23.2 Å². The topological polar surface area (TPSA) is 66.5 Å². The van der Waals surface area contributed by atoms with Crippen molar-refractivity contribution >= 4 is 44.8 Å². The summed E-state index contributed by atoms with van der Waals surface area (Å²) in [5, 5.41) is 0.298. The van der Waals surface area contributed by atoms with Crippen molar-refractivity contribution in [2.24, 2.45) is 0 Å². The molecule has 0 aliphatic heterocycles. The molecule has 0 heterocycles. The van der Waals surface area contributed by atoms with Crippen molar-refractivity contribution in [3.63, 3.8) is 0 Å². The molecule has 2 aromatic carbocycles. The summed E-state index contributed by atoms with van der Waals surface area (Å²) in [4.78, 5) is 14.1. The predicted octanol–water partition coefficient (Wildman–Crippen LogP) is 5.80. The average molecular weight is 489 g/mol. The minimum Gasteiger partial charge on any atom is -0.311 e. The van der Waals surface area contributed by atoms with Crippen LogP contribution in [-0.4, -0.2) is 27.4 Å². The molecule has 0 atom stereocenters. The van der Waals surface area contributed by atoms with Crippen LogP contribution in [0.1, 0.15) is 45.4 Å². The standard InChI is InChI=1S/C22H27Cl2FN2O3S/c1-2-3-4-5-6-7-22(28)27(19-11-9-18(25)10-12-19)15-14-26-31(29,30)21-16-17(23)8-13-20(21)24/h8-13,16,26H,2-7,14-15H2,1H3. The highest BCUT2D eigenvalue weighted by Gasteiger charge is 2.20. The molecule has 0 spiro atoms. The van der Waals surface area contributed by atoms with Crippen LogP contribution in [0.25, 0.3) is 0 Å². The fourth-order valence-corrected chi connectivity index (χ4v) is 4.87. The number of hydrogen-bond donors (Lipinski definition) is 1. The van der Waals surface area contributed by atoms with Gasteiger partial charge >= 0.3 is 0 Å². The summed E-state index contributed by atoms with van der Waals surface area (Å²) >= 11 is 11.9. The predicted molar refractivity (Wildman–Crippen MR) is 124 cm³/mol. The molecule has 0 fully saturated rings. The number of sulfonamides is 1. The molecule has 1 amide bonds. The third-order valence-corrected chi connectivity index (χ3v) is 6.92. The Morgan fingerprint density at radius 3 is 2.39 bits per heavy atom. The van der Waals surface area contributed by atoms with Crippen LogP contribution in [-0.2, 0) is 14.8 Å². The molecule has 0 unspecified atom stereocenters. The number of nitrogens with zero attached hydrogens (tertiary/aromatic N) is 1. The second kappa shape index (κ2) is 12.4. The second-order valence-electron chi connectivity index (χ2n) is 7.16. The molecular formula is C22H27Cl2FN2O3S. The van der Waals surface area contributed by atoms with E-state index in [1.807, 2.05) is 0 Å². The lowest BCUT2D eigenvalue weighted by Gasteiger charge is -2.23. The third kappa shape index (κ3) is 8.07. The van der Waals surface area contributed by atoms with Crippen molar-refractivity contribution in [2.75, 3.05) is 18.0 Å². The van der Waals surface area contributed by atoms with Crippen molar-refractivity contribution < 1.29 is 17.6 Å². The fraction of sp³-hybridized carbons (Fsp3) is 0.409. The summed E-state index contributed by atoms with van der Waals surface area (Å²) in [6, 6.07) is 9.73. The molecule has 1 N–H and O–H groups in total. The minimum atomic E-state index is -3.92. The molecule has 2 rings (SSSR count). The number of amides is 1. The Kier molecular flexibility index (Phi) is 10.2. The lowest BCUT2D eigenvalue weighted by molar-refractivity contribution is -0.118. The minimum absolute atomic E-state index is 0.0376. The van der Waals surface area contributed by atoms with E-state index in [1.54, 1.807) is 0 Å². The molecule has 0 bridgehead atoms. The highest BCUT2D eigenvalue weighted by molar-refractivity contribution is 7.89. The van der Waals surface area contributed by atoms with Gasteiger partial charge in [0.15, 0.2) is 0 Å². The van der Waals surface area contributed by atoms with Crippen molar-refractivity contribution in [3.8, 4) is 0 Å². The van der Waals surface area contributed by atoms with Crippen LogP contribution in [0, 0.1) is 5.82 Å². The number of halogens is 3. The van der Waals surface area contributed by atoms with Gasteiger partial charge in [0.1, 0.15) is 10.7 Å². The van der Waals surface area contributed by atoms with Crippen LogP contribution in [0.5, 0.6) is 0 Å². The summed E-state index contributed by atoms with van der Waals surface area (Å²) in [6.45, 7) is 2.18. The van der Waals surface area contributed by atoms with Crippen LogP contribution in [0.15, 0.2) is 47.4 Å². The summed E-state index contributed by atoms with van der Waals surface area (Å²) < 4.78 is 41.0. The van der Waals surface area contributed by atoms with E-state index in [-0.39, 0.29) is 33.9 Å². The van der Waals surface area contributed by atoms with Gasteiger partial charge in [-0.2, -0.15) is 0 Å². The maximum Gasteiger partial charge on any atom is 0.242 e. The largest absolute Gasteiger partial charge is 0.311 e. The molecule has 2 aromatic rings. The van der Waals surface area contributed by atoms with Gasteiger partial charge in [-0.1, -0.05) is 55.8 Å². The number of hydrogen-bond acceptors (Lipinski definition) is 3. The Hall–Kier alpha value is -1.67. The van der Waals surface area contributed by atoms with Crippen molar-refractivity contribution in [3.05, 3.63) is 58.3 Å². The number of rotatable bonds is 12. The molecule has 9 heteroatoms. The van der Waals surface area contributed by atoms with E-state index >= 15 is 0 Å². The van der Waals surface area contributed by atoms with E-state index in [0.29, 0.717) is 12.1 Å². The van der Waals surface area contributed by atoms with Crippen molar-refractivity contribution in [1.82, 2.24) is 4.72 Å². The number of carbonyl (C=O) groups excluding carboxylic acids is 1. The Morgan fingerprint density at radius 2 is 1.71 bits per heavy atom. The van der Waals surface area contributed by atoms with Crippen molar-refractivity contribution in [1.29, 1.82) is 0 Å². The van der Waals surface area contributed by atoms with Crippen LogP contribution < -0.4 is 9.62 Å². The first-order valence-electron chi connectivity index (χ1n) is 10.2. The Balaban J connectivity index is 2.06. The Bertz CT molecular complexity index is 969. The van der Waals surface area contributed by atoms with Crippen molar-refractivity contribution in [2.45, 2.75) is 50.3 Å². The highest BCUT2D eigenvalue weighted by atomic mass is 35.5. The summed E-state index contributed by atoms with van der Waals surface area (Å²) in [7, 11) is -3.92. The summed E-state index contributed by atoms with van der Waals surface area (Å²) in [5.74, 6) is -0.546. The maximum atomic E-state index is 13.3. The summed E-state index contributed by atoms with van der Waals surface area (Å²) in [5.41, 5.74) is 0.514. The van der Waals surface area contributed by atoms with E-state index in [1.165, 1.54) is 47.4 Å². The first-order valence-corrected chi connectivity index (χ1v) is 12.5. The van der Waals surface area contributed by atoms with Gasteiger partial charge in [0.2, 0.25) is 15.9 Å². The van der Waals surface area contributed by atoms with E-state index in [4.69, 9.17) is 23.2 Å². The summed E-state index contributed by atoms with van der Waals surface area (Å²) in [6.07, 6.45) is 5.36. The molecule has 170 valence electrons. The van der Waals surface area contributed by atoms with Crippen LogP contribution in [0.4, 0.5) is 10.1 Å². The number of carbonyl (C=O) groups is 1. The van der Waals surface area contributed by atoms with Crippen LogP contribution in [0.2, 0.25) is 10.0 Å². The molecule has 31 heavy (non-hydrogen) atoms. The smallest absolute Gasteiger partial charge is 0.242 e. The normalized spacial score (nSPS) is 11.5. The van der Waals surface area contributed by atoms with Crippen LogP contribution in [0.3, 0.4) is 0 Å². The zero-order valence-corrected chi connectivity index (χ0v) is 19.7. The van der Waals surface area contributed by atoms with E-state index in [9.17, 15) is 17.6 Å².